The molecule has 0 bridgehead atoms. The number of ether oxygens (including phenoxy) is 1. The SMILES string of the molecule is Cn1ccnc1CN1C[C@@H]2[C@H](NC(=O)CC3CCOCC3)c3ccccc3[C@@H]2C1. The predicted molar refractivity (Wildman–Crippen MR) is 110 cm³/mol. The molecule has 3 aliphatic rings. The van der Waals surface area contributed by atoms with Crippen molar-refractivity contribution in [1.29, 1.82) is 0 Å². The zero-order chi connectivity index (χ0) is 19.8. The molecule has 0 spiro atoms. The van der Waals surface area contributed by atoms with Crippen molar-refractivity contribution in [2.45, 2.75) is 37.8 Å². The summed E-state index contributed by atoms with van der Waals surface area (Å²) in [6.45, 7) is 4.46. The molecule has 2 aromatic rings. The monoisotopic (exact) mass is 394 g/mol. The highest BCUT2D eigenvalue weighted by molar-refractivity contribution is 5.77. The standard InChI is InChI=1S/C23H30N4O2/c1-26-9-8-24-21(26)15-27-13-19-17-4-2-3-5-18(17)23(20(19)14-27)25-22(28)12-16-6-10-29-11-7-16/h2-5,8-9,16,19-20,23H,6-7,10-15H2,1H3,(H,25,28)/t19-,20-,23+/m0/s1. The van der Waals surface area contributed by atoms with Crippen molar-refractivity contribution in [3.8, 4) is 0 Å². The van der Waals surface area contributed by atoms with Gasteiger partial charge in [-0.2, -0.15) is 0 Å². The van der Waals surface area contributed by atoms with E-state index in [0.717, 1.165) is 51.5 Å². The van der Waals surface area contributed by atoms with E-state index in [9.17, 15) is 4.79 Å². The summed E-state index contributed by atoms with van der Waals surface area (Å²) >= 11 is 0. The smallest absolute Gasteiger partial charge is 0.220 e. The van der Waals surface area contributed by atoms with Crippen LogP contribution in [0.5, 0.6) is 0 Å². The maximum atomic E-state index is 12.9. The summed E-state index contributed by atoms with van der Waals surface area (Å²) in [6, 6.07) is 8.81. The van der Waals surface area contributed by atoms with E-state index in [1.54, 1.807) is 0 Å². The molecular weight excluding hydrogens is 364 g/mol. The number of imidazole rings is 1. The van der Waals surface area contributed by atoms with Crippen molar-refractivity contribution in [3.05, 3.63) is 53.6 Å². The second-order valence-electron chi connectivity index (χ2n) is 8.85. The van der Waals surface area contributed by atoms with E-state index in [1.807, 2.05) is 19.4 Å². The number of rotatable bonds is 5. The maximum absolute atomic E-state index is 12.9. The fourth-order valence-corrected chi connectivity index (χ4v) is 5.45. The molecule has 3 heterocycles. The third-order valence-electron chi connectivity index (χ3n) is 7.02. The first-order chi connectivity index (χ1) is 14.2. The summed E-state index contributed by atoms with van der Waals surface area (Å²) in [6.07, 6.45) is 6.48. The lowest BCUT2D eigenvalue weighted by Crippen LogP contribution is -2.35. The minimum Gasteiger partial charge on any atom is -0.381 e. The van der Waals surface area contributed by atoms with Crippen LogP contribution < -0.4 is 5.32 Å². The molecular formula is C23H30N4O2. The Hall–Kier alpha value is -2.18. The van der Waals surface area contributed by atoms with Crippen molar-refractivity contribution in [2.75, 3.05) is 26.3 Å². The van der Waals surface area contributed by atoms with Crippen LogP contribution in [0.25, 0.3) is 0 Å². The van der Waals surface area contributed by atoms with Crippen LogP contribution in [0.3, 0.4) is 0 Å². The number of benzene rings is 1. The molecule has 1 aromatic heterocycles. The van der Waals surface area contributed by atoms with Gasteiger partial charge in [0.25, 0.3) is 0 Å². The van der Waals surface area contributed by atoms with Gasteiger partial charge < -0.3 is 14.6 Å². The van der Waals surface area contributed by atoms with Crippen LogP contribution >= 0.6 is 0 Å². The van der Waals surface area contributed by atoms with Gasteiger partial charge in [-0.05, 0) is 29.9 Å². The molecule has 1 N–H and O–H groups in total. The third kappa shape index (κ3) is 3.71. The lowest BCUT2D eigenvalue weighted by atomic mass is 9.93. The lowest BCUT2D eigenvalue weighted by molar-refractivity contribution is -0.123. The molecule has 5 rings (SSSR count). The van der Waals surface area contributed by atoms with Gasteiger partial charge in [0.05, 0.1) is 12.6 Å². The predicted octanol–water partition coefficient (Wildman–Crippen LogP) is 2.62. The Morgan fingerprint density at radius 3 is 2.76 bits per heavy atom. The van der Waals surface area contributed by atoms with Gasteiger partial charge >= 0.3 is 0 Å². The number of aromatic nitrogens is 2. The first kappa shape index (κ1) is 18.8. The zero-order valence-electron chi connectivity index (χ0n) is 17.1. The minimum atomic E-state index is 0.120. The van der Waals surface area contributed by atoms with E-state index in [-0.39, 0.29) is 11.9 Å². The number of hydrogen-bond acceptors (Lipinski definition) is 4. The van der Waals surface area contributed by atoms with Gasteiger partial charge in [0, 0.05) is 64.0 Å². The van der Waals surface area contributed by atoms with E-state index in [2.05, 4.69) is 44.0 Å². The molecule has 0 saturated carbocycles. The fraction of sp³-hybridized carbons (Fsp3) is 0.565. The number of likely N-dealkylation sites (tertiary alicyclic amines) is 1. The molecule has 3 atom stereocenters. The van der Waals surface area contributed by atoms with Gasteiger partial charge in [0.1, 0.15) is 5.82 Å². The zero-order valence-corrected chi connectivity index (χ0v) is 17.1. The Morgan fingerprint density at radius 1 is 1.21 bits per heavy atom. The molecule has 1 aromatic carbocycles. The summed E-state index contributed by atoms with van der Waals surface area (Å²) in [5, 5.41) is 3.42. The summed E-state index contributed by atoms with van der Waals surface area (Å²) in [7, 11) is 2.05. The highest BCUT2D eigenvalue weighted by Gasteiger charge is 2.46. The lowest BCUT2D eigenvalue weighted by Gasteiger charge is -2.25. The Balaban J connectivity index is 1.30. The van der Waals surface area contributed by atoms with Crippen LogP contribution in [-0.4, -0.2) is 46.7 Å². The number of carbonyl (C=O) groups excluding carboxylic acids is 1. The second-order valence-corrected chi connectivity index (χ2v) is 8.85. The van der Waals surface area contributed by atoms with Crippen LogP contribution in [0.1, 0.15) is 48.2 Å². The Labute approximate surface area is 172 Å². The average molecular weight is 395 g/mol. The number of amides is 1. The largest absolute Gasteiger partial charge is 0.381 e. The van der Waals surface area contributed by atoms with Gasteiger partial charge in [-0.1, -0.05) is 24.3 Å². The summed E-state index contributed by atoms with van der Waals surface area (Å²) < 4.78 is 7.53. The number of nitrogens with zero attached hydrogens (tertiary/aromatic N) is 3. The number of carbonyl (C=O) groups is 1. The highest BCUT2D eigenvalue weighted by atomic mass is 16.5. The Kier molecular flexibility index (Phi) is 5.14. The fourth-order valence-electron chi connectivity index (χ4n) is 5.45. The number of aryl methyl sites for hydroxylation is 1. The molecule has 1 amide bonds. The first-order valence-electron chi connectivity index (χ1n) is 10.8. The van der Waals surface area contributed by atoms with Crippen molar-refractivity contribution in [2.24, 2.45) is 18.9 Å². The molecule has 2 fully saturated rings. The number of nitrogens with one attached hydrogen (secondary N) is 1. The topological polar surface area (TPSA) is 59.4 Å². The number of fused-ring (bicyclic) bond motifs is 3. The third-order valence-corrected chi connectivity index (χ3v) is 7.02. The number of hydrogen-bond donors (Lipinski definition) is 1. The summed E-state index contributed by atoms with van der Waals surface area (Å²) in [5.74, 6) is 2.67. The van der Waals surface area contributed by atoms with Crippen LogP contribution in [-0.2, 0) is 23.1 Å². The van der Waals surface area contributed by atoms with Crippen LogP contribution in [0.4, 0.5) is 0 Å². The van der Waals surface area contributed by atoms with E-state index in [0.29, 0.717) is 24.2 Å². The van der Waals surface area contributed by atoms with Crippen LogP contribution in [0.15, 0.2) is 36.7 Å². The summed E-state index contributed by atoms with van der Waals surface area (Å²) in [5.41, 5.74) is 2.73. The quantitative estimate of drug-likeness (QED) is 0.847. The van der Waals surface area contributed by atoms with Gasteiger partial charge in [0.2, 0.25) is 5.91 Å². The molecule has 1 aliphatic carbocycles. The second kappa shape index (κ2) is 7.92. The molecule has 29 heavy (non-hydrogen) atoms. The molecule has 0 unspecified atom stereocenters. The van der Waals surface area contributed by atoms with Crippen molar-refractivity contribution in [1.82, 2.24) is 19.8 Å². The van der Waals surface area contributed by atoms with Gasteiger partial charge in [-0.3, -0.25) is 9.69 Å². The molecule has 6 heteroatoms. The van der Waals surface area contributed by atoms with Crippen molar-refractivity contribution >= 4 is 5.91 Å². The Morgan fingerprint density at radius 2 is 2.00 bits per heavy atom. The molecule has 0 radical (unpaired) electrons. The first-order valence-corrected chi connectivity index (χ1v) is 10.8. The van der Waals surface area contributed by atoms with E-state index < -0.39 is 0 Å². The van der Waals surface area contributed by atoms with Gasteiger partial charge in [-0.15, -0.1) is 0 Å². The normalized spacial score (nSPS) is 27.0. The van der Waals surface area contributed by atoms with Gasteiger partial charge in [-0.25, -0.2) is 4.98 Å². The summed E-state index contributed by atoms with van der Waals surface area (Å²) in [4.78, 5) is 19.9. The molecule has 6 nitrogen and oxygen atoms in total. The van der Waals surface area contributed by atoms with Gasteiger partial charge in [0.15, 0.2) is 0 Å². The molecule has 154 valence electrons. The van der Waals surface area contributed by atoms with E-state index >= 15 is 0 Å². The Bertz CT molecular complexity index is 873. The van der Waals surface area contributed by atoms with E-state index in [4.69, 9.17) is 4.74 Å². The molecule has 2 aliphatic heterocycles. The molecule has 2 saturated heterocycles. The van der Waals surface area contributed by atoms with Crippen molar-refractivity contribution in [3.63, 3.8) is 0 Å². The highest BCUT2D eigenvalue weighted by Crippen LogP contribution is 2.49. The van der Waals surface area contributed by atoms with Crippen LogP contribution in [0.2, 0.25) is 0 Å². The van der Waals surface area contributed by atoms with E-state index in [1.165, 1.54) is 11.1 Å². The minimum absolute atomic E-state index is 0.120. The van der Waals surface area contributed by atoms with Crippen molar-refractivity contribution < 1.29 is 9.53 Å². The average Bonchev–Trinajstić information content (AvgIpc) is 3.40. The maximum Gasteiger partial charge on any atom is 0.220 e. The van der Waals surface area contributed by atoms with Crippen LogP contribution in [0, 0.1) is 11.8 Å².